The zero-order chi connectivity index (χ0) is 13.9. The Morgan fingerprint density at radius 1 is 1.26 bits per heavy atom. The molecule has 4 heteroatoms. The molecular weight excluding hydrogens is 258 g/mol. The molecule has 2 rings (SSSR count). The average molecular weight is 281 g/mol. The van der Waals surface area contributed by atoms with E-state index >= 15 is 0 Å². The lowest BCUT2D eigenvalue weighted by Gasteiger charge is -2.29. The number of hydrogen-bond donors (Lipinski definition) is 1. The van der Waals surface area contributed by atoms with Crippen LogP contribution in [0.25, 0.3) is 0 Å². The molecule has 0 fully saturated rings. The Hall–Kier alpha value is -0.870. The van der Waals surface area contributed by atoms with Gasteiger partial charge in [-0.15, -0.1) is 0 Å². The molecule has 1 unspecified atom stereocenters. The number of aryl methyl sites for hydroxylation is 1. The molecule has 1 aromatic rings. The first-order valence-corrected chi connectivity index (χ1v) is 8.84. The minimum absolute atomic E-state index is 0.128. The molecule has 0 aliphatic heterocycles. The number of benzene rings is 1. The third-order valence-corrected chi connectivity index (χ3v) is 6.12. The molecule has 1 aliphatic carbocycles. The third kappa shape index (κ3) is 3.00. The van der Waals surface area contributed by atoms with Gasteiger partial charge in [0.05, 0.1) is 5.75 Å². The summed E-state index contributed by atoms with van der Waals surface area (Å²) in [5.41, 5.74) is 8.47. The topological polar surface area (TPSA) is 60.2 Å². The predicted molar refractivity (Wildman–Crippen MR) is 79.1 cm³/mol. The molecule has 0 bridgehead atoms. The van der Waals surface area contributed by atoms with Gasteiger partial charge in [-0.2, -0.15) is 0 Å². The Labute approximate surface area is 116 Å². The summed E-state index contributed by atoms with van der Waals surface area (Å²) < 4.78 is 23.8. The van der Waals surface area contributed by atoms with E-state index in [-0.39, 0.29) is 16.9 Å². The van der Waals surface area contributed by atoms with Crippen molar-refractivity contribution in [3.63, 3.8) is 0 Å². The zero-order valence-electron chi connectivity index (χ0n) is 11.6. The van der Waals surface area contributed by atoms with Gasteiger partial charge in [0.1, 0.15) is 9.84 Å². The molecular formula is C15H23NO2S. The molecule has 1 aliphatic rings. The van der Waals surface area contributed by atoms with E-state index in [2.05, 4.69) is 12.1 Å². The number of fused-ring (bicyclic) bond motifs is 1. The maximum atomic E-state index is 11.9. The molecule has 0 amide bonds. The third-order valence-electron chi connectivity index (χ3n) is 4.26. The second-order valence-electron chi connectivity index (χ2n) is 5.54. The number of rotatable bonds is 6. The van der Waals surface area contributed by atoms with Crippen molar-refractivity contribution in [3.05, 3.63) is 35.4 Å². The summed E-state index contributed by atoms with van der Waals surface area (Å²) in [5.74, 6) is 0.543. The highest BCUT2D eigenvalue weighted by Gasteiger charge is 2.37. The van der Waals surface area contributed by atoms with Crippen LogP contribution in [-0.4, -0.2) is 26.5 Å². The standard InChI is InChI=1S/C15H23NO2S/c1-2-10-19(17,18)11-9-15(12-16)8-7-13-5-3-4-6-14(13)15/h3-6H,2,7-12,16H2,1H3. The Bertz CT molecular complexity index is 539. The van der Waals surface area contributed by atoms with Gasteiger partial charge in [0, 0.05) is 17.7 Å². The summed E-state index contributed by atoms with van der Waals surface area (Å²) in [6.45, 7) is 2.44. The largest absolute Gasteiger partial charge is 0.330 e. The van der Waals surface area contributed by atoms with Crippen LogP contribution in [0, 0.1) is 0 Å². The first kappa shape index (κ1) is 14.5. The lowest BCUT2D eigenvalue weighted by Crippen LogP contribution is -2.35. The SMILES string of the molecule is CCCS(=O)(=O)CCC1(CN)CCc2ccccc21. The molecule has 0 spiro atoms. The smallest absolute Gasteiger partial charge is 0.150 e. The maximum Gasteiger partial charge on any atom is 0.150 e. The van der Waals surface area contributed by atoms with E-state index in [9.17, 15) is 8.42 Å². The van der Waals surface area contributed by atoms with Gasteiger partial charge in [-0.25, -0.2) is 8.42 Å². The summed E-state index contributed by atoms with van der Waals surface area (Å²) in [5, 5.41) is 0. The van der Waals surface area contributed by atoms with Gasteiger partial charge in [-0.05, 0) is 36.8 Å². The van der Waals surface area contributed by atoms with Crippen LogP contribution in [0.1, 0.15) is 37.3 Å². The second-order valence-corrected chi connectivity index (χ2v) is 7.85. The van der Waals surface area contributed by atoms with Crippen LogP contribution >= 0.6 is 0 Å². The van der Waals surface area contributed by atoms with Crippen molar-refractivity contribution in [2.45, 2.75) is 38.0 Å². The quantitative estimate of drug-likeness (QED) is 0.868. The molecule has 0 saturated carbocycles. The maximum absolute atomic E-state index is 11.9. The molecule has 0 aromatic heterocycles. The van der Waals surface area contributed by atoms with E-state index in [1.54, 1.807) is 0 Å². The minimum atomic E-state index is -2.93. The number of hydrogen-bond acceptors (Lipinski definition) is 3. The Balaban J connectivity index is 2.18. The van der Waals surface area contributed by atoms with E-state index in [0.717, 1.165) is 12.8 Å². The van der Waals surface area contributed by atoms with Crippen molar-refractivity contribution in [1.29, 1.82) is 0 Å². The van der Waals surface area contributed by atoms with Crippen LogP contribution in [0.5, 0.6) is 0 Å². The van der Waals surface area contributed by atoms with Gasteiger partial charge in [0.2, 0.25) is 0 Å². The van der Waals surface area contributed by atoms with Crippen molar-refractivity contribution >= 4 is 9.84 Å². The monoisotopic (exact) mass is 281 g/mol. The summed E-state index contributed by atoms with van der Waals surface area (Å²) in [6.07, 6.45) is 3.34. The molecule has 2 N–H and O–H groups in total. The second kappa shape index (κ2) is 5.63. The highest BCUT2D eigenvalue weighted by atomic mass is 32.2. The molecule has 3 nitrogen and oxygen atoms in total. The van der Waals surface area contributed by atoms with Crippen molar-refractivity contribution < 1.29 is 8.42 Å². The average Bonchev–Trinajstić information content (AvgIpc) is 2.76. The van der Waals surface area contributed by atoms with Gasteiger partial charge in [-0.3, -0.25) is 0 Å². The summed E-state index contributed by atoms with van der Waals surface area (Å²) in [6, 6.07) is 8.31. The molecule has 1 aromatic carbocycles. The lowest BCUT2D eigenvalue weighted by atomic mass is 9.79. The predicted octanol–water partition coefficient (Wildman–Crippen LogP) is 2.04. The molecule has 1 atom stereocenters. The van der Waals surface area contributed by atoms with Crippen LogP contribution in [0.2, 0.25) is 0 Å². The van der Waals surface area contributed by atoms with Crippen molar-refractivity contribution in [1.82, 2.24) is 0 Å². The minimum Gasteiger partial charge on any atom is -0.330 e. The number of nitrogens with two attached hydrogens (primary N) is 1. The first-order valence-electron chi connectivity index (χ1n) is 7.02. The molecule has 19 heavy (non-hydrogen) atoms. The van der Waals surface area contributed by atoms with E-state index < -0.39 is 9.84 Å². The van der Waals surface area contributed by atoms with Crippen LogP contribution < -0.4 is 5.73 Å². The Kier molecular flexibility index (Phi) is 4.31. The van der Waals surface area contributed by atoms with E-state index in [1.165, 1.54) is 11.1 Å². The van der Waals surface area contributed by atoms with Gasteiger partial charge in [0.15, 0.2) is 0 Å². The van der Waals surface area contributed by atoms with E-state index in [1.807, 2.05) is 19.1 Å². The van der Waals surface area contributed by atoms with Gasteiger partial charge in [0.25, 0.3) is 0 Å². The van der Waals surface area contributed by atoms with Crippen LogP contribution in [0.4, 0.5) is 0 Å². The highest BCUT2D eigenvalue weighted by Crippen LogP contribution is 2.41. The molecule has 0 saturated heterocycles. The van der Waals surface area contributed by atoms with Crippen LogP contribution in [0.15, 0.2) is 24.3 Å². The van der Waals surface area contributed by atoms with Crippen molar-refractivity contribution in [2.24, 2.45) is 5.73 Å². The fourth-order valence-electron chi connectivity index (χ4n) is 3.10. The van der Waals surface area contributed by atoms with E-state index in [0.29, 0.717) is 19.4 Å². The van der Waals surface area contributed by atoms with Crippen molar-refractivity contribution in [2.75, 3.05) is 18.1 Å². The normalized spacial score (nSPS) is 22.4. The van der Waals surface area contributed by atoms with Crippen molar-refractivity contribution in [3.8, 4) is 0 Å². The summed E-state index contributed by atoms with van der Waals surface area (Å²) in [4.78, 5) is 0. The molecule has 0 radical (unpaired) electrons. The van der Waals surface area contributed by atoms with E-state index in [4.69, 9.17) is 5.73 Å². The fraction of sp³-hybridized carbons (Fsp3) is 0.600. The lowest BCUT2D eigenvalue weighted by molar-refractivity contribution is 0.419. The van der Waals surface area contributed by atoms with Gasteiger partial charge < -0.3 is 5.73 Å². The molecule has 106 valence electrons. The Morgan fingerprint density at radius 3 is 2.68 bits per heavy atom. The van der Waals surface area contributed by atoms with Gasteiger partial charge in [-0.1, -0.05) is 31.2 Å². The zero-order valence-corrected chi connectivity index (χ0v) is 12.4. The first-order chi connectivity index (χ1) is 9.03. The summed E-state index contributed by atoms with van der Waals surface area (Å²) in [7, 11) is -2.93. The summed E-state index contributed by atoms with van der Waals surface area (Å²) >= 11 is 0. The van der Waals surface area contributed by atoms with Crippen LogP contribution in [0.3, 0.4) is 0 Å². The fourth-order valence-corrected chi connectivity index (χ4v) is 4.63. The molecule has 0 heterocycles. The number of sulfone groups is 1. The highest BCUT2D eigenvalue weighted by molar-refractivity contribution is 7.91. The van der Waals surface area contributed by atoms with Gasteiger partial charge >= 0.3 is 0 Å². The van der Waals surface area contributed by atoms with Crippen LogP contribution in [-0.2, 0) is 21.7 Å². The Morgan fingerprint density at radius 2 is 2.00 bits per heavy atom.